The van der Waals surface area contributed by atoms with Crippen LogP contribution in [-0.2, 0) is 9.53 Å². The Morgan fingerprint density at radius 3 is 2.43 bits per heavy atom. The number of amides is 2. The van der Waals surface area contributed by atoms with Gasteiger partial charge in [0.2, 0.25) is 5.91 Å². The molecule has 0 bridgehead atoms. The van der Waals surface area contributed by atoms with Crippen molar-refractivity contribution in [3.63, 3.8) is 0 Å². The Kier molecular flexibility index (Phi) is 8.90. The van der Waals surface area contributed by atoms with Crippen molar-refractivity contribution in [2.24, 2.45) is 0 Å². The molecular weight excluding hydrogens is 468 g/mol. The van der Waals surface area contributed by atoms with Gasteiger partial charge in [0, 0.05) is 71.5 Å². The molecule has 0 unspecified atom stereocenters. The number of nitrogens with zero attached hydrogens (tertiary/aromatic N) is 6. The number of aryl methyl sites for hydroxylation is 1. The quantitative estimate of drug-likeness (QED) is 0.548. The highest BCUT2D eigenvalue weighted by molar-refractivity contribution is 6.33. The number of carbonyl (C=O) groups excluding carboxylic acids is 2. The molecule has 35 heavy (non-hydrogen) atoms. The molecule has 2 amide bonds. The predicted octanol–water partition coefficient (Wildman–Crippen LogP) is 1.95. The maximum atomic E-state index is 13.2. The summed E-state index contributed by atoms with van der Waals surface area (Å²) in [5, 5.41) is 0.723. The van der Waals surface area contributed by atoms with E-state index in [1.54, 1.807) is 11.1 Å². The number of halogens is 1. The first kappa shape index (κ1) is 25.3. The Morgan fingerprint density at radius 2 is 1.74 bits per heavy atom. The molecule has 2 aromatic rings. The van der Waals surface area contributed by atoms with Crippen molar-refractivity contribution in [2.45, 2.75) is 13.3 Å². The molecule has 1 aromatic heterocycles. The summed E-state index contributed by atoms with van der Waals surface area (Å²) in [7, 11) is 0. The van der Waals surface area contributed by atoms with Gasteiger partial charge in [0.05, 0.1) is 35.8 Å². The standard InChI is InChI=1S/C25H33ClN6O3/c1-20-18-28-22(19-27-20)25(34)32(9-8-29-14-16-35-17-15-29)7-6-24(33)31-12-10-30(11-13-31)23-5-3-2-4-21(23)26/h2-5,18-19H,6-17H2,1H3. The van der Waals surface area contributed by atoms with E-state index in [9.17, 15) is 9.59 Å². The molecule has 0 saturated carbocycles. The van der Waals surface area contributed by atoms with E-state index >= 15 is 0 Å². The van der Waals surface area contributed by atoms with Crippen molar-refractivity contribution in [1.29, 1.82) is 0 Å². The summed E-state index contributed by atoms with van der Waals surface area (Å²) in [6, 6.07) is 7.78. The zero-order valence-corrected chi connectivity index (χ0v) is 21.0. The second kappa shape index (κ2) is 12.3. The zero-order valence-electron chi connectivity index (χ0n) is 20.2. The normalized spacial score (nSPS) is 16.9. The number of anilines is 1. The van der Waals surface area contributed by atoms with Gasteiger partial charge in [-0.3, -0.25) is 19.5 Å². The van der Waals surface area contributed by atoms with E-state index in [0.717, 1.165) is 49.1 Å². The van der Waals surface area contributed by atoms with Gasteiger partial charge in [-0.2, -0.15) is 0 Å². The van der Waals surface area contributed by atoms with Crippen molar-refractivity contribution in [3.05, 3.63) is 53.1 Å². The average molecular weight is 501 g/mol. The molecule has 2 aliphatic heterocycles. The number of aromatic nitrogens is 2. The largest absolute Gasteiger partial charge is 0.379 e. The van der Waals surface area contributed by atoms with E-state index in [0.29, 0.717) is 45.1 Å². The number of para-hydroxylation sites is 1. The summed E-state index contributed by atoms with van der Waals surface area (Å²) in [4.78, 5) is 42.8. The van der Waals surface area contributed by atoms with E-state index in [1.807, 2.05) is 36.1 Å². The fraction of sp³-hybridized carbons (Fsp3) is 0.520. The first-order valence-corrected chi connectivity index (χ1v) is 12.5. The van der Waals surface area contributed by atoms with Gasteiger partial charge in [-0.1, -0.05) is 23.7 Å². The number of hydrogen-bond donors (Lipinski definition) is 0. The Balaban J connectivity index is 1.33. The third-order valence-corrected chi connectivity index (χ3v) is 6.82. The Labute approximate surface area is 211 Å². The molecule has 10 heteroatoms. The fourth-order valence-electron chi connectivity index (χ4n) is 4.36. The minimum atomic E-state index is -0.193. The second-order valence-electron chi connectivity index (χ2n) is 8.86. The molecule has 2 saturated heterocycles. The third-order valence-electron chi connectivity index (χ3n) is 6.50. The van der Waals surface area contributed by atoms with E-state index in [-0.39, 0.29) is 18.2 Å². The van der Waals surface area contributed by atoms with Crippen LogP contribution < -0.4 is 4.90 Å². The molecule has 188 valence electrons. The van der Waals surface area contributed by atoms with Crippen molar-refractivity contribution in [1.82, 2.24) is 24.7 Å². The van der Waals surface area contributed by atoms with Gasteiger partial charge >= 0.3 is 0 Å². The van der Waals surface area contributed by atoms with Crippen LogP contribution in [0, 0.1) is 6.92 Å². The fourth-order valence-corrected chi connectivity index (χ4v) is 4.62. The summed E-state index contributed by atoms with van der Waals surface area (Å²) in [6.07, 6.45) is 3.38. The lowest BCUT2D eigenvalue weighted by molar-refractivity contribution is -0.131. The van der Waals surface area contributed by atoms with Gasteiger partial charge in [0.1, 0.15) is 5.69 Å². The number of ether oxygens (including phenoxy) is 1. The van der Waals surface area contributed by atoms with Crippen LogP contribution in [0.5, 0.6) is 0 Å². The van der Waals surface area contributed by atoms with Crippen LogP contribution in [0.1, 0.15) is 22.6 Å². The molecule has 1 aromatic carbocycles. The third kappa shape index (κ3) is 6.90. The maximum absolute atomic E-state index is 13.2. The van der Waals surface area contributed by atoms with E-state index in [2.05, 4.69) is 19.8 Å². The molecule has 2 fully saturated rings. The number of morpholine rings is 1. The lowest BCUT2D eigenvalue weighted by Crippen LogP contribution is -2.50. The van der Waals surface area contributed by atoms with Crippen molar-refractivity contribution in [2.75, 3.05) is 77.0 Å². The van der Waals surface area contributed by atoms with Crippen molar-refractivity contribution < 1.29 is 14.3 Å². The minimum absolute atomic E-state index is 0.0583. The van der Waals surface area contributed by atoms with E-state index in [4.69, 9.17) is 16.3 Å². The molecule has 0 N–H and O–H groups in total. The predicted molar refractivity (Wildman–Crippen MR) is 135 cm³/mol. The van der Waals surface area contributed by atoms with Gasteiger partial charge < -0.3 is 19.4 Å². The summed E-state index contributed by atoms with van der Waals surface area (Å²) >= 11 is 6.34. The smallest absolute Gasteiger partial charge is 0.274 e. The number of carbonyl (C=O) groups is 2. The van der Waals surface area contributed by atoms with Crippen LogP contribution in [-0.4, -0.2) is 109 Å². The molecule has 4 rings (SSSR count). The topological polar surface area (TPSA) is 82.1 Å². The number of piperazine rings is 1. The van der Waals surface area contributed by atoms with Crippen LogP contribution in [0.3, 0.4) is 0 Å². The van der Waals surface area contributed by atoms with Gasteiger partial charge in [0.25, 0.3) is 5.91 Å². The number of rotatable bonds is 8. The van der Waals surface area contributed by atoms with E-state index in [1.165, 1.54) is 6.20 Å². The van der Waals surface area contributed by atoms with Gasteiger partial charge in [-0.15, -0.1) is 0 Å². The maximum Gasteiger partial charge on any atom is 0.274 e. The first-order chi connectivity index (χ1) is 17.0. The Bertz CT molecular complexity index is 991. The second-order valence-corrected chi connectivity index (χ2v) is 9.27. The lowest BCUT2D eigenvalue weighted by Gasteiger charge is -2.37. The highest BCUT2D eigenvalue weighted by atomic mass is 35.5. The zero-order chi connectivity index (χ0) is 24.6. The molecule has 0 radical (unpaired) electrons. The molecule has 2 aliphatic rings. The van der Waals surface area contributed by atoms with Crippen molar-refractivity contribution in [3.8, 4) is 0 Å². The summed E-state index contributed by atoms with van der Waals surface area (Å²) < 4.78 is 5.42. The van der Waals surface area contributed by atoms with Crippen LogP contribution in [0.15, 0.2) is 36.7 Å². The molecule has 0 atom stereocenters. The highest BCUT2D eigenvalue weighted by Gasteiger charge is 2.25. The highest BCUT2D eigenvalue weighted by Crippen LogP contribution is 2.26. The van der Waals surface area contributed by atoms with Crippen LogP contribution in [0.4, 0.5) is 5.69 Å². The van der Waals surface area contributed by atoms with Gasteiger partial charge in [0.15, 0.2) is 0 Å². The first-order valence-electron chi connectivity index (χ1n) is 12.2. The molecule has 3 heterocycles. The Morgan fingerprint density at radius 1 is 1.00 bits per heavy atom. The SMILES string of the molecule is Cc1cnc(C(=O)N(CCC(=O)N2CCN(c3ccccc3Cl)CC2)CCN2CCOCC2)cn1. The minimum Gasteiger partial charge on any atom is -0.379 e. The molecule has 0 spiro atoms. The molecule has 0 aliphatic carbocycles. The summed E-state index contributed by atoms with van der Waals surface area (Å²) in [5.41, 5.74) is 2.06. The Hall–Kier alpha value is -2.75. The number of benzene rings is 1. The van der Waals surface area contributed by atoms with Crippen LogP contribution in [0.2, 0.25) is 5.02 Å². The summed E-state index contributed by atoms with van der Waals surface area (Å²) in [5.74, 6) is -0.134. The van der Waals surface area contributed by atoms with Gasteiger partial charge in [-0.25, -0.2) is 4.98 Å². The van der Waals surface area contributed by atoms with Crippen LogP contribution >= 0.6 is 11.6 Å². The van der Waals surface area contributed by atoms with E-state index < -0.39 is 0 Å². The van der Waals surface area contributed by atoms with Crippen molar-refractivity contribution >= 4 is 29.1 Å². The monoisotopic (exact) mass is 500 g/mol. The molecular formula is C25H33ClN6O3. The average Bonchev–Trinajstić information content (AvgIpc) is 2.89. The van der Waals surface area contributed by atoms with Crippen LogP contribution in [0.25, 0.3) is 0 Å². The molecule has 9 nitrogen and oxygen atoms in total. The lowest BCUT2D eigenvalue weighted by atomic mass is 10.2. The van der Waals surface area contributed by atoms with Gasteiger partial charge in [-0.05, 0) is 19.1 Å². The summed E-state index contributed by atoms with van der Waals surface area (Å²) in [6.45, 7) is 9.28. The number of hydrogen-bond acceptors (Lipinski definition) is 7.